The van der Waals surface area contributed by atoms with Crippen molar-refractivity contribution in [3.63, 3.8) is 0 Å². The maximum absolute atomic E-state index is 12.2. The maximum Gasteiger partial charge on any atom is 0.303 e. The van der Waals surface area contributed by atoms with Gasteiger partial charge in [-0.15, -0.1) is 0 Å². The zero-order valence-electron chi connectivity index (χ0n) is 11.8. The Morgan fingerprint density at radius 1 is 1.43 bits per heavy atom. The van der Waals surface area contributed by atoms with Gasteiger partial charge in [-0.25, -0.2) is 0 Å². The second-order valence-corrected chi connectivity index (χ2v) is 5.92. The second-order valence-electron chi connectivity index (χ2n) is 5.00. The summed E-state index contributed by atoms with van der Waals surface area (Å²) in [6, 6.07) is 5.33. The molecule has 0 saturated heterocycles. The average Bonchev–Trinajstić information content (AvgIpc) is 2.74. The first-order valence-corrected chi connectivity index (χ1v) is 7.39. The lowest BCUT2D eigenvalue weighted by molar-refractivity contribution is -0.137. The Hall–Kier alpha value is -1.82. The van der Waals surface area contributed by atoms with Crippen LogP contribution < -0.4 is 5.32 Å². The van der Waals surface area contributed by atoms with Crippen molar-refractivity contribution in [2.75, 3.05) is 0 Å². The molecule has 1 amide bonds. The molecule has 6 heteroatoms. The molecule has 0 aliphatic heterocycles. The summed E-state index contributed by atoms with van der Waals surface area (Å²) in [5.41, 5.74) is 1.42. The van der Waals surface area contributed by atoms with Crippen LogP contribution in [0.1, 0.15) is 35.9 Å². The van der Waals surface area contributed by atoms with E-state index in [4.69, 9.17) is 9.52 Å². The number of aliphatic carboxylic acids is 1. The zero-order chi connectivity index (χ0) is 15.6. The predicted octanol–water partition coefficient (Wildman–Crippen LogP) is 3.49. The third-order valence-electron chi connectivity index (χ3n) is 3.27. The van der Waals surface area contributed by atoms with E-state index in [-0.39, 0.29) is 24.1 Å². The monoisotopic (exact) mass is 353 g/mol. The fourth-order valence-electron chi connectivity index (χ4n) is 2.11. The largest absolute Gasteiger partial charge is 0.481 e. The van der Waals surface area contributed by atoms with Crippen molar-refractivity contribution in [2.24, 2.45) is 0 Å². The number of benzene rings is 1. The number of carbonyl (C=O) groups excluding carboxylic acids is 1. The number of carboxylic acid groups (broad SMARTS) is 1. The lowest BCUT2D eigenvalue weighted by Crippen LogP contribution is -2.33. The van der Waals surface area contributed by atoms with Gasteiger partial charge in [-0.2, -0.15) is 0 Å². The minimum absolute atomic E-state index is 0.0213. The Kier molecular flexibility index (Phi) is 4.67. The quantitative estimate of drug-likeness (QED) is 0.862. The highest BCUT2D eigenvalue weighted by Gasteiger charge is 2.19. The number of rotatable bonds is 5. The number of halogens is 1. The van der Waals surface area contributed by atoms with E-state index in [1.54, 1.807) is 13.0 Å². The van der Waals surface area contributed by atoms with Crippen LogP contribution in [0.2, 0.25) is 0 Å². The Balaban J connectivity index is 2.16. The summed E-state index contributed by atoms with van der Waals surface area (Å²) in [7, 11) is 0. The summed E-state index contributed by atoms with van der Waals surface area (Å²) in [5, 5.41) is 12.3. The smallest absolute Gasteiger partial charge is 0.303 e. The number of amides is 1. The topological polar surface area (TPSA) is 79.5 Å². The van der Waals surface area contributed by atoms with Gasteiger partial charge in [-0.05, 0) is 38.5 Å². The molecular formula is C15H16BrNO4. The first-order valence-electron chi connectivity index (χ1n) is 6.59. The SMILES string of the molecule is Cc1c(C(=O)NC(C)CCC(=O)O)oc2ccc(Br)cc12. The van der Waals surface area contributed by atoms with Crippen molar-refractivity contribution in [1.29, 1.82) is 0 Å². The highest BCUT2D eigenvalue weighted by Crippen LogP contribution is 2.28. The molecule has 1 unspecified atom stereocenters. The molecule has 0 aliphatic rings. The van der Waals surface area contributed by atoms with Crippen LogP contribution in [-0.4, -0.2) is 23.0 Å². The number of furan rings is 1. The lowest BCUT2D eigenvalue weighted by atomic mass is 10.1. The Morgan fingerprint density at radius 2 is 2.14 bits per heavy atom. The summed E-state index contributed by atoms with van der Waals surface area (Å²) < 4.78 is 6.51. The van der Waals surface area contributed by atoms with Gasteiger partial charge >= 0.3 is 5.97 Å². The Labute approximate surface area is 130 Å². The minimum atomic E-state index is -0.874. The fraction of sp³-hybridized carbons (Fsp3) is 0.333. The third-order valence-corrected chi connectivity index (χ3v) is 3.77. The van der Waals surface area contributed by atoms with Gasteiger partial charge in [0.2, 0.25) is 0 Å². The minimum Gasteiger partial charge on any atom is -0.481 e. The molecule has 1 aromatic carbocycles. The third kappa shape index (κ3) is 3.64. The molecule has 1 aromatic heterocycles. The number of hydrogen-bond acceptors (Lipinski definition) is 3. The summed E-state index contributed by atoms with van der Waals surface area (Å²) in [6.07, 6.45) is 0.402. The Bertz CT molecular complexity index is 692. The summed E-state index contributed by atoms with van der Waals surface area (Å²) in [6.45, 7) is 3.60. The van der Waals surface area contributed by atoms with Crippen molar-refractivity contribution >= 4 is 38.8 Å². The fourth-order valence-corrected chi connectivity index (χ4v) is 2.47. The van der Waals surface area contributed by atoms with Gasteiger partial charge < -0.3 is 14.8 Å². The van der Waals surface area contributed by atoms with Crippen LogP contribution in [-0.2, 0) is 4.79 Å². The Morgan fingerprint density at radius 3 is 2.81 bits per heavy atom. The molecule has 0 aliphatic carbocycles. The van der Waals surface area contributed by atoms with Crippen molar-refractivity contribution in [3.05, 3.63) is 34.0 Å². The van der Waals surface area contributed by atoms with Crippen LogP contribution in [0.15, 0.2) is 27.1 Å². The van der Waals surface area contributed by atoms with Crippen molar-refractivity contribution < 1.29 is 19.1 Å². The highest BCUT2D eigenvalue weighted by molar-refractivity contribution is 9.10. The maximum atomic E-state index is 12.2. The van der Waals surface area contributed by atoms with E-state index in [1.165, 1.54) is 0 Å². The van der Waals surface area contributed by atoms with Crippen molar-refractivity contribution in [1.82, 2.24) is 5.32 Å². The van der Waals surface area contributed by atoms with Gasteiger partial charge in [0.05, 0.1) is 0 Å². The lowest BCUT2D eigenvalue weighted by Gasteiger charge is -2.11. The van der Waals surface area contributed by atoms with Crippen molar-refractivity contribution in [3.8, 4) is 0 Å². The summed E-state index contributed by atoms with van der Waals surface area (Å²) >= 11 is 3.39. The van der Waals surface area contributed by atoms with Crippen LogP contribution in [0.4, 0.5) is 0 Å². The van der Waals surface area contributed by atoms with Crippen LogP contribution in [0, 0.1) is 6.92 Å². The number of carbonyl (C=O) groups is 2. The van der Waals surface area contributed by atoms with E-state index >= 15 is 0 Å². The standard InChI is InChI=1S/C15H16BrNO4/c1-8(3-6-13(18)19)17-15(20)14-9(2)11-7-10(16)4-5-12(11)21-14/h4-5,7-8H,3,6H2,1-2H3,(H,17,20)(H,18,19). The molecule has 21 heavy (non-hydrogen) atoms. The number of aryl methyl sites for hydroxylation is 1. The van der Waals surface area contributed by atoms with Crippen LogP contribution in [0.5, 0.6) is 0 Å². The van der Waals surface area contributed by atoms with Crippen molar-refractivity contribution in [2.45, 2.75) is 32.7 Å². The number of carboxylic acids is 1. The molecule has 2 N–H and O–H groups in total. The number of nitrogens with one attached hydrogen (secondary N) is 1. The van der Waals surface area contributed by atoms with Gasteiger partial charge in [-0.3, -0.25) is 9.59 Å². The predicted molar refractivity (Wildman–Crippen MR) is 82.4 cm³/mol. The second kappa shape index (κ2) is 6.30. The van der Waals surface area contributed by atoms with Gasteiger partial charge in [0.25, 0.3) is 5.91 Å². The van der Waals surface area contributed by atoms with E-state index in [2.05, 4.69) is 21.2 Å². The van der Waals surface area contributed by atoms with Crippen LogP contribution in [0.3, 0.4) is 0 Å². The molecule has 2 aromatic rings. The van der Waals surface area contributed by atoms with Gasteiger partial charge in [-0.1, -0.05) is 15.9 Å². The molecule has 0 bridgehead atoms. The van der Waals surface area contributed by atoms with E-state index in [1.807, 2.05) is 19.1 Å². The molecule has 1 heterocycles. The van der Waals surface area contributed by atoms with Gasteiger partial charge in [0.1, 0.15) is 5.58 Å². The number of fused-ring (bicyclic) bond motifs is 1. The summed E-state index contributed by atoms with van der Waals surface area (Å²) in [5.74, 6) is -0.927. The van der Waals surface area contributed by atoms with E-state index < -0.39 is 5.97 Å². The molecular weight excluding hydrogens is 338 g/mol. The molecule has 0 radical (unpaired) electrons. The normalized spacial score (nSPS) is 12.3. The molecule has 112 valence electrons. The average molecular weight is 354 g/mol. The molecule has 5 nitrogen and oxygen atoms in total. The van der Waals surface area contributed by atoms with Gasteiger partial charge in [0.15, 0.2) is 5.76 Å². The van der Waals surface area contributed by atoms with E-state index in [0.717, 1.165) is 15.4 Å². The molecule has 0 fully saturated rings. The van der Waals surface area contributed by atoms with E-state index in [9.17, 15) is 9.59 Å². The van der Waals surface area contributed by atoms with E-state index in [0.29, 0.717) is 12.0 Å². The molecule has 1 atom stereocenters. The summed E-state index contributed by atoms with van der Waals surface area (Å²) in [4.78, 5) is 22.7. The molecule has 2 rings (SSSR count). The molecule has 0 spiro atoms. The molecule has 0 saturated carbocycles. The number of hydrogen-bond donors (Lipinski definition) is 2. The first kappa shape index (κ1) is 15.6. The van der Waals surface area contributed by atoms with Gasteiger partial charge in [0, 0.05) is 27.9 Å². The highest BCUT2D eigenvalue weighted by atomic mass is 79.9. The first-order chi connectivity index (χ1) is 9.88. The van der Waals surface area contributed by atoms with Crippen LogP contribution in [0.25, 0.3) is 11.0 Å². The zero-order valence-corrected chi connectivity index (χ0v) is 13.4. The van der Waals surface area contributed by atoms with Crippen LogP contribution >= 0.6 is 15.9 Å².